The average molecular weight is 343 g/mol. The van der Waals surface area contributed by atoms with Crippen molar-refractivity contribution in [1.29, 1.82) is 0 Å². The van der Waals surface area contributed by atoms with Crippen LogP contribution in [0.15, 0.2) is 58.5 Å². The Morgan fingerprint density at radius 1 is 1.20 bits per heavy atom. The van der Waals surface area contributed by atoms with E-state index >= 15 is 0 Å². The minimum Gasteiger partial charge on any atom is -0.465 e. The number of ether oxygens (including phenoxy) is 2. The highest BCUT2D eigenvalue weighted by Gasteiger charge is 2.39. The van der Waals surface area contributed by atoms with E-state index in [4.69, 9.17) is 9.15 Å². The van der Waals surface area contributed by atoms with Crippen LogP contribution in [-0.2, 0) is 19.1 Å². The quantitative estimate of drug-likeness (QED) is 0.363. The summed E-state index contributed by atoms with van der Waals surface area (Å²) in [7, 11) is 1.16. The van der Waals surface area contributed by atoms with Gasteiger partial charge in [0, 0.05) is 5.92 Å². The molecule has 0 amide bonds. The zero-order valence-electron chi connectivity index (χ0n) is 13.1. The number of nitrogens with zero attached hydrogens (tertiary/aromatic N) is 1. The standard InChI is InChI=1S/C17H13NO7/c1-23-16(19)12-9-11(10-5-3-2-4-6-10)15(25-17(12)20)13-7-8-14(24-13)18(21)22/h2-9,11,15H,1H3/t11-,15+/m1/s1. The van der Waals surface area contributed by atoms with Crippen LogP contribution in [0.25, 0.3) is 0 Å². The Morgan fingerprint density at radius 2 is 1.92 bits per heavy atom. The lowest BCUT2D eigenvalue weighted by Crippen LogP contribution is -2.28. The van der Waals surface area contributed by atoms with Gasteiger partial charge in [-0.15, -0.1) is 0 Å². The van der Waals surface area contributed by atoms with Crippen LogP contribution < -0.4 is 0 Å². The van der Waals surface area contributed by atoms with E-state index in [1.807, 2.05) is 6.07 Å². The van der Waals surface area contributed by atoms with E-state index in [0.717, 1.165) is 12.7 Å². The van der Waals surface area contributed by atoms with Crippen molar-refractivity contribution in [3.8, 4) is 0 Å². The molecule has 1 aliphatic rings. The fourth-order valence-electron chi connectivity index (χ4n) is 2.62. The first kappa shape index (κ1) is 16.4. The Labute approximate surface area is 141 Å². The molecule has 8 heteroatoms. The third-order valence-electron chi connectivity index (χ3n) is 3.79. The topological polar surface area (TPSA) is 109 Å². The number of rotatable bonds is 4. The number of furan rings is 1. The largest absolute Gasteiger partial charge is 0.465 e. The maximum atomic E-state index is 12.1. The number of carbonyl (C=O) groups is 2. The molecule has 0 spiro atoms. The summed E-state index contributed by atoms with van der Waals surface area (Å²) < 4.78 is 15.1. The lowest BCUT2D eigenvalue weighted by Gasteiger charge is -2.28. The number of benzene rings is 1. The third kappa shape index (κ3) is 3.14. The summed E-state index contributed by atoms with van der Waals surface area (Å²) in [5.41, 5.74) is 0.522. The molecule has 0 fully saturated rings. The summed E-state index contributed by atoms with van der Waals surface area (Å²) in [5, 5.41) is 10.8. The maximum absolute atomic E-state index is 12.1. The van der Waals surface area contributed by atoms with Crippen LogP contribution in [0.2, 0.25) is 0 Å². The Morgan fingerprint density at radius 3 is 2.52 bits per heavy atom. The molecule has 0 saturated carbocycles. The molecular weight excluding hydrogens is 330 g/mol. The molecule has 2 heterocycles. The fraction of sp³-hybridized carbons (Fsp3) is 0.176. The molecule has 3 rings (SSSR count). The van der Waals surface area contributed by atoms with Crippen molar-refractivity contribution in [2.45, 2.75) is 12.0 Å². The lowest BCUT2D eigenvalue weighted by molar-refractivity contribution is -0.402. The van der Waals surface area contributed by atoms with Crippen LogP contribution >= 0.6 is 0 Å². The van der Waals surface area contributed by atoms with Gasteiger partial charge < -0.3 is 13.9 Å². The predicted molar refractivity (Wildman–Crippen MR) is 83.5 cm³/mol. The minimum atomic E-state index is -0.933. The van der Waals surface area contributed by atoms with Crippen LogP contribution in [0.5, 0.6) is 0 Å². The molecule has 0 unspecified atom stereocenters. The van der Waals surface area contributed by atoms with Crippen molar-refractivity contribution in [2.75, 3.05) is 7.11 Å². The molecule has 0 aliphatic carbocycles. The Bertz CT molecular complexity index is 853. The highest BCUT2D eigenvalue weighted by Crippen LogP contribution is 2.41. The maximum Gasteiger partial charge on any atom is 0.433 e. The molecule has 0 saturated heterocycles. The molecular formula is C17H13NO7. The van der Waals surface area contributed by atoms with Gasteiger partial charge in [0.2, 0.25) is 0 Å². The summed E-state index contributed by atoms with van der Waals surface area (Å²) in [6, 6.07) is 11.5. The molecule has 1 aliphatic heterocycles. The van der Waals surface area contributed by atoms with Gasteiger partial charge in [-0.2, -0.15) is 0 Å². The number of hydrogen-bond donors (Lipinski definition) is 0. The van der Waals surface area contributed by atoms with Crippen molar-refractivity contribution < 1.29 is 28.4 Å². The van der Waals surface area contributed by atoms with Crippen LogP contribution in [0.4, 0.5) is 5.88 Å². The SMILES string of the molecule is COC(=O)C1=C[C@H](c2ccccc2)[C@@H](c2ccc([N+](=O)[O-])o2)OC1=O. The first-order valence-electron chi connectivity index (χ1n) is 7.31. The molecule has 25 heavy (non-hydrogen) atoms. The number of nitro groups is 1. The number of cyclic esters (lactones) is 1. The van der Waals surface area contributed by atoms with E-state index in [2.05, 4.69) is 4.74 Å². The predicted octanol–water partition coefficient (Wildman–Crippen LogP) is 2.67. The summed E-state index contributed by atoms with van der Waals surface area (Å²) in [4.78, 5) is 34.1. The van der Waals surface area contributed by atoms with Crippen LogP contribution in [-0.4, -0.2) is 24.0 Å². The van der Waals surface area contributed by atoms with E-state index in [9.17, 15) is 19.7 Å². The summed E-state index contributed by atoms with van der Waals surface area (Å²) in [6.07, 6.45) is 0.503. The summed E-state index contributed by atoms with van der Waals surface area (Å²) in [5.74, 6) is -2.58. The molecule has 1 aromatic carbocycles. The zero-order chi connectivity index (χ0) is 18.0. The van der Waals surface area contributed by atoms with E-state index in [0.29, 0.717) is 0 Å². The second-order valence-electron chi connectivity index (χ2n) is 5.27. The second kappa shape index (κ2) is 6.60. The number of carbonyl (C=O) groups excluding carboxylic acids is 2. The molecule has 2 atom stereocenters. The van der Waals surface area contributed by atoms with Crippen molar-refractivity contribution in [3.63, 3.8) is 0 Å². The van der Waals surface area contributed by atoms with Crippen molar-refractivity contribution in [3.05, 3.63) is 75.6 Å². The molecule has 0 radical (unpaired) electrons. The van der Waals surface area contributed by atoms with Gasteiger partial charge in [0.15, 0.2) is 11.9 Å². The Balaban J connectivity index is 2.06. The molecule has 128 valence electrons. The van der Waals surface area contributed by atoms with Gasteiger partial charge in [0.1, 0.15) is 10.5 Å². The monoisotopic (exact) mass is 343 g/mol. The van der Waals surface area contributed by atoms with Gasteiger partial charge in [0.25, 0.3) is 0 Å². The van der Waals surface area contributed by atoms with Gasteiger partial charge >= 0.3 is 17.8 Å². The molecule has 0 N–H and O–H groups in total. The van der Waals surface area contributed by atoms with E-state index in [-0.39, 0.29) is 11.3 Å². The van der Waals surface area contributed by atoms with Gasteiger partial charge in [-0.1, -0.05) is 36.4 Å². The fourth-order valence-corrected chi connectivity index (χ4v) is 2.62. The Kier molecular flexibility index (Phi) is 4.34. The first-order chi connectivity index (χ1) is 12.0. The lowest BCUT2D eigenvalue weighted by atomic mass is 9.88. The van der Waals surface area contributed by atoms with E-state index in [1.54, 1.807) is 24.3 Å². The highest BCUT2D eigenvalue weighted by atomic mass is 16.7. The van der Waals surface area contributed by atoms with Crippen LogP contribution in [0, 0.1) is 10.1 Å². The van der Waals surface area contributed by atoms with Crippen LogP contribution in [0.3, 0.4) is 0 Å². The number of esters is 2. The van der Waals surface area contributed by atoms with Gasteiger partial charge in [-0.05, 0) is 11.6 Å². The van der Waals surface area contributed by atoms with Gasteiger partial charge in [-0.25, -0.2) is 9.59 Å². The normalized spacial score (nSPS) is 19.7. The minimum absolute atomic E-state index is 0.120. The smallest absolute Gasteiger partial charge is 0.433 e. The summed E-state index contributed by atoms with van der Waals surface area (Å²) >= 11 is 0. The average Bonchev–Trinajstić information content (AvgIpc) is 3.12. The summed E-state index contributed by atoms with van der Waals surface area (Å²) in [6.45, 7) is 0. The molecule has 8 nitrogen and oxygen atoms in total. The second-order valence-corrected chi connectivity index (χ2v) is 5.27. The van der Waals surface area contributed by atoms with Gasteiger partial charge in [-0.3, -0.25) is 10.1 Å². The molecule has 0 bridgehead atoms. The van der Waals surface area contributed by atoms with Gasteiger partial charge in [0.05, 0.1) is 13.2 Å². The van der Waals surface area contributed by atoms with E-state index in [1.165, 1.54) is 18.2 Å². The number of methoxy groups -OCH3 is 1. The Hall–Kier alpha value is -3.42. The van der Waals surface area contributed by atoms with Crippen molar-refractivity contribution in [2.24, 2.45) is 0 Å². The van der Waals surface area contributed by atoms with Crippen LogP contribution in [0.1, 0.15) is 23.3 Å². The zero-order valence-corrected chi connectivity index (χ0v) is 13.1. The third-order valence-corrected chi connectivity index (χ3v) is 3.79. The molecule has 1 aromatic heterocycles. The molecule has 2 aromatic rings. The first-order valence-corrected chi connectivity index (χ1v) is 7.31. The van der Waals surface area contributed by atoms with E-state index < -0.39 is 34.8 Å². The van der Waals surface area contributed by atoms with Crippen molar-refractivity contribution in [1.82, 2.24) is 0 Å². The van der Waals surface area contributed by atoms with Crippen molar-refractivity contribution >= 4 is 17.8 Å². The highest BCUT2D eigenvalue weighted by molar-refractivity contribution is 6.14. The number of hydrogen-bond acceptors (Lipinski definition) is 7.